The molecular formula is C12H19ClN2O. The van der Waals surface area contributed by atoms with Crippen molar-refractivity contribution in [2.75, 3.05) is 11.4 Å². The number of hydrogen-bond donors (Lipinski definition) is 1. The fourth-order valence-corrected chi connectivity index (χ4v) is 1.45. The second-order valence-corrected chi connectivity index (χ2v) is 3.43. The number of nitrogens with zero attached hydrogens (tertiary/aromatic N) is 1. The van der Waals surface area contributed by atoms with Gasteiger partial charge in [0.2, 0.25) is 5.91 Å². The van der Waals surface area contributed by atoms with Gasteiger partial charge in [0.15, 0.2) is 0 Å². The molecule has 0 aromatic heterocycles. The first-order chi connectivity index (χ1) is 7.20. The van der Waals surface area contributed by atoms with Gasteiger partial charge in [-0.25, -0.2) is 0 Å². The Hall–Kier alpha value is -1.06. The number of nitrogens with two attached hydrogens (primary N) is 1. The smallest absolute Gasteiger partial charge is 0.243 e. The number of anilines is 1. The lowest BCUT2D eigenvalue weighted by Crippen LogP contribution is -2.43. The van der Waals surface area contributed by atoms with Crippen LogP contribution in [0.15, 0.2) is 30.3 Å². The third-order valence-electron chi connectivity index (χ3n) is 2.41. The first kappa shape index (κ1) is 14.9. The van der Waals surface area contributed by atoms with Crippen LogP contribution >= 0.6 is 12.4 Å². The Bertz CT molecular complexity index is 316. The molecule has 0 saturated carbocycles. The van der Waals surface area contributed by atoms with Gasteiger partial charge in [0, 0.05) is 12.2 Å². The molecular weight excluding hydrogens is 224 g/mol. The van der Waals surface area contributed by atoms with Crippen molar-refractivity contribution in [1.29, 1.82) is 0 Å². The van der Waals surface area contributed by atoms with Crippen molar-refractivity contribution in [3.8, 4) is 0 Å². The molecule has 90 valence electrons. The number of rotatable bonds is 4. The highest BCUT2D eigenvalue weighted by Gasteiger charge is 2.18. The molecule has 0 fully saturated rings. The Kier molecular flexibility index (Phi) is 6.77. The minimum Gasteiger partial charge on any atom is -0.320 e. The summed E-state index contributed by atoms with van der Waals surface area (Å²) >= 11 is 0. The van der Waals surface area contributed by atoms with Gasteiger partial charge in [-0.1, -0.05) is 25.1 Å². The Morgan fingerprint density at radius 1 is 1.31 bits per heavy atom. The molecule has 3 nitrogen and oxygen atoms in total. The number of hydrogen-bond acceptors (Lipinski definition) is 2. The number of benzene rings is 1. The lowest BCUT2D eigenvalue weighted by Gasteiger charge is -2.23. The fraction of sp³-hybridized carbons (Fsp3) is 0.417. The molecule has 0 saturated heterocycles. The first-order valence-electron chi connectivity index (χ1n) is 5.32. The second kappa shape index (κ2) is 7.25. The molecule has 0 spiro atoms. The average Bonchev–Trinajstić information content (AvgIpc) is 2.30. The van der Waals surface area contributed by atoms with Gasteiger partial charge in [-0.15, -0.1) is 12.4 Å². The van der Waals surface area contributed by atoms with E-state index in [-0.39, 0.29) is 18.3 Å². The number of likely N-dealkylation sites (N-methyl/N-ethyl adjacent to an activating group) is 1. The normalized spacial score (nSPS) is 11.4. The molecule has 0 radical (unpaired) electrons. The van der Waals surface area contributed by atoms with Crippen LogP contribution in [0.3, 0.4) is 0 Å². The van der Waals surface area contributed by atoms with E-state index in [0.29, 0.717) is 13.0 Å². The van der Waals surface area contributed by atoms with Crippen LogP contribution in [-0.2, 0) is 4.79 Å². The monoisotopic (exact) mass is 242 g/mol. The fourth-order valence-electron chi connectivity index (χ4n) is 1.45. The van der Waals surface area contributed by atoms with E-state index >= 15 is 0 Å². The molecule has 1 rings (SSSR count). The molecule has 0 unspecified atom stereocenters. The van der Waals surface area contributed by atoms with Crippen LogP contribution in [0.25, 0.3) is 0 Å². The van der Waals surface area contributed by atoms with Gasteiger partial charge >= 0.3 is 0 Å². The van der Waals surface area contributed by atoms with E-state index in [9.17, 15) is 4.79 Å². The molecule has 1 aromatic rings. The van der Waals surface area contributed by atoms with Crippen molar-refractivity contribution in [3.05, 3.63) is 30.3 Å². The number of para-hydroxylation sites is 1. The van der Waals surface area contributed by atoms with Crippen molar-refractivity contribution in [2.45, 2.75) is 26.3 Å². The molecule has 1 aromatic carbocycles. The van der Waals surface area contributed by atoms with Crippen LogP contribution in [-0.4, -0.2) is 18.5 Å². The molecule has 1 atom stereocenters. The molecule has 0 aliphatic carbocycles. The Morgan fingerprint density at radius 2 is 1.88 bits per heavy atom. The van der Waals surface area contributed by atoms with Gasteiger partial charge in [-0.3, -0.25) is 4.79 Å². The molecule has 2 N–H and O–H groups in total. The Balaban J connectivity index is 0.00000225. The van der Waals surface area contributed by atoms with Crippen molar-refractivity contribution in [3.63, 3.8) is 0 Å². The van der Waals surface area contributed by atoms with Crippen LogP contribution in [0.1, 0.15) is 20.3 Å². The summed E-state index contributed by atoms with van der Waals surface area (Å²) in [5.41, 5.74) is 6.65. The third kappa shape index (κ3) is 3.51. The van der Waals surface area contributed by atoms with E-state index in [1.807, 2.05) is 44.2 Å². The van der Waals surface area contributed by atoms with Crippen molar-refractivity contribution < 1.29 is 4.79 Å². The molecule has 0 aliphatic rings. The summed E-state index contributed by atoms with van der Waals surface area (Å²) in [6.07, 6.45) is 0.669. The highest BCUT2D eigenvalue weighted by molar-refractivity contribution is 5.96. The molecule has 4 heteroatoms. The van der Waals surface area contributed by atoms with Gasteiger partial charge < -0.3 is 10.6 Å². The van der Waals surface area contributed by atoms with E-state index in [4.69, 9.17) is 5.73 Å². The number of carbonyl (C=O) groups excluding carboxylic acids is 1. The summed E-state index contributed by atoms with van der Waals surface area (Å²) in [5.74, 6) is -0.00815. The quantitative estimate of drug-likeness (QED) is 0.880. The van der Waals surface area contributed by atoms with Gasteiger partial charge in [-0.2, -0.15) is 0 Å². The third-order valence-corrected chi connectivity index (χ3v) is 2.41. The SMILES string of the molecule is CC[C@H](N)C(=O)N(CC)c1ccccc1.Cl. The van der Waals surface area contributed by atoms with E-state index in [1.165, 1.54) is 0 Å². The maximum Gasteiger partial charge on any atom is 0.243 e. The van der Waals surface area contributed by atoms with Gasteiger partial charge in [-0.05, 0) is 25.5 Å². The van der Waals surface area contributed by atoms with E-state index < -0.39 is 6.04 Å². The topological polar surface area (TPSA) is 46.3 Å². The van der Waals surface area contributed by atoms with Crippen LogP contribution in [0, 0.1) is 0 Å². The summed E-state index contributed by atoms with van der Waals surface area (Å²) in [4.78, 5) is 13.6. The zero-order valence-electron chi connectivity index (χ0n) is 9.72. The van der Waals surface area contributed by atoms with Crippen LogP contribution < -0.4 is 10.6 Å². The minimum absolute atomic E-state index is 0. The average molecular weight is 243 g/mol. The standard InChI is InChI=1S/C12H18N2O.ClH/c1-3-11(13)12(15)14(4-2)10-8-6-5-7-9-10;/h5-9,11H,3-4,13H2,1-2H3;1H/t11-;/m0./s1. The Labute approximate surface area is 103 Å². The minimum atomic E-state index is -0.398. The molecule has 1 amide bonds. The number of halogens is 1. The lowest BCUT2D eigenvalue weighted by molar-refractivity contribution is -0.119. The highest BCUT2D eigenvalue weighted by Crippen LogP contribution is 2.14. The summed E-state index contributed by atoms with van der Waals surface area (Å²) in [6, 6.07) is 9.21. The van der Waals surface area contributed by atoms with Crippen LogP contribution in [0.2, 0.25) is 0 Å². The van der Waals surface area contributed by atoms with Crippen molar-refractivity contribution in [2.24, 2.45) is 5.73 Å². The van der Waals surface area contributed by atoms with Crippen molar-refractivity contribution >= 4 is 24.0 Å². The zero-order valence-corrected chi connectivity index (χ0v) is 10.5. The summed E-state index contributed by atoms with van der Waals surface area (Å²) in [5, 5.41) is 0. The molecule has 0 aliphatic heterocycles. The van der Waals surface area contributed by atoms with Crippen LogP contribution in [0.5, 0.6) is 0 Å². The molecule has 0 bridgehead atoms. The van der Waals surface area contributed by atoms with Gasteiger partial charge in [0.05, 0.1) is 6.04 Å². The van der Waals surface area contributed by atoms with Crippen molar-refractivity contribution in [1.82, 2.24) is 0 Å². The highest BCUT2D eigenvalue weighted by atomic mass is 35.5. The summed E-state index contributed by atoms with van der Waals surface area (Å²) in [7, 11) is 0. The van der Waals surface area contributed by atoms with E-state index in [1.54, 1.807) is 4.90 Å². The largest absolute Gasteiger partial charge is 0.320 e. The number of carbonyl (C=O) groups is 1. The molecule has 16 heavy (non-hydrogen) atoms. The van der Waals surface area contributed by atoms with Gasteiger partial charge in [0.25, 0.3) is 0 Å². The van der Waals surface area contributed by atoms with E-state index in [0.717, 1.165) is 5.69 Å². The number of amides is 1. The maximum absolute atomic E-state index is 11.9. The predicted molar refractivity (Wildman–Crippen MR) is 70.0 cm³/mol. The summed E-state index contributed by atoms with van der Waals surface area (Å²) < 4.78 is 0. The predicted octanol–water partition coefficient (Wildman–Crippen LogP) is 2.20. The Morgan fingerprint density at radius 3 is 2.31 bits per heavy atom. The second-order valence-electron chi connectivity index (χ2n) is 3.43. The zero-order chi connectivity index (χ0) is 11.3. The molecule has 0 heterocycles. The lowest BCUT2D eigenvalue weighted by atomic mass is 10.2. The van der Waals surface area contributed by atoms with Crippen LogP contribution in [0.4, 0.5) is 5.69 Å². The summed E-state index contributed by atoms with van der Waals surface area (Å²) in [6.45, 7) is 4.52. The van der Waals surface area contributed by atoms with Gasteiger partial charge in [0.1, 0.15) is 0 Å². The first-order valence-corrected chi connectivity index (χ1v) is 5.32. The van der Waals surface area contributed by atoms with E-state index in [2.05, 4.69) is 0 Å². The maximum atomic E-state index is 11.9.